The van der Waals surface area contributed by atoms with Crippen LogP contribution < -0.4 is 15.8 Å². The van der Waals surface area contributed by atoms with Gasteiger partial charge < -0.3 is 20.9 Å². The van der Waals surface area contributed by atoms with E-state index in [1.165, 1.54) is 0 Å². The summed E-state index contributed by atoms with van der Waals surface area (Å²) in [6, 6.07) is 6.90. The third-order valence-electron chi connectivity index (χ3n) is 1.92. The summed E-state index contributed by atoms with van der Waals surface area (Å²) in [7, 11) is 0. The lowest BCUT2D eigenvalue weighted by Crippen LogP contribution is -2.36. The summed E-state index contributed by atoms with van der Waals surface area (Å²) in [4.78, 5) is 10.4. The summed E-state index contributed by atoms with van der Waals surface area (Å²) in [6.07, 6.45) is -0.715. The minimum atomic E-state index is -0.715. The molecule has 0 aromatic heterocycles. The predicted molar refractivity (Wildman–Crippen MR) is 65.0 cm³/mol. The third-order valence-corrected chi connectivity index (χ3v) is 2.15. The number of carbonyl (C=O) groups excluding carboxylic acids is 1. The standard InChI is InChI=1S/C11H15ClN2O3/c12-8-2-1-3-10(4-8)17-7-9(15)5-14-6-11(13)16/h1-4,9,14-15H,5-7H2,(H2,13,16). The molecule has 1 unspecified atom stereocenters. The largest absolute Gasteiger partial charge is 0.491 e. The topological polar surface area (TPSA) is 84.6 Å². The van der Waals surface area contributed by atoms with Crippen LogP contribution in [-0.2, 0) is 4.79 Å². The van der Waals surface area contributed by atoms with Crippen molar-refractivity contribution in [2.75, 3.05) is 19.7 Å². The van der Waals surface area contributed by atoms with Gasteiger partial charge in [-0.15, -0.1) is 0 Å². The van der Waals surface area contributed by atoms with Gasteiger partial charge in [-0.25, -0.2) is 0 Å². The van der Waals surface area contributed by atoms with Crippen LogP contribution in [0.3, 0.4) is 0 Å². The Morgan fingerprint density at radius 1 is 1.59 bits per heavy atom. The van der Waals surface area contributed by atoms with Gasteiger partial charge in [0.05, 0.1) is 6.54 Å². The molecule has 0 saturated carbocycles. The van der Waals surface area contributed by atoms with Crippen molar-refractivity contribution in [2.45, 2.75) is 6.10 Å². The normalized spacial score (nSPS) is 12.1. The van der Waals surface area contributed by atoms with E-state index in [0.29, 0.717) is 10.8 Å². The lowest BCUT2D eigenvalue weighted by atomic mass is 10.3. The Balaban J connectivity index is 2.23. The van der Waals surface area contributed by atoms with E-state index in [9.17, 15) is 9.90 Å². The van der Waals surface area contributed by atoms with Crippen LogP contribution in [0.4, 0.5) is 0 Å². The van der Waals surface area contributed by atoms with Gasteiger partial charge in [-0.2, -0.15) is 0 Å². The summed E-state index contributed by atoms with van der Waals surface area (Å²) in [5, 5.41) is 12.8. The van der Waals surface area contributed by atoms with Crippen molar-refractivity contribution in [3.8, 4) is 5.75 Å². The number of hydrogen-bond donors (Lipinski definition) is 3. The number of ether oxygens (including phenoxy) is 1. The molecule has 1 atom stereocenters. The van der Waals surface area contributed by atoms with Crippen LogP contribution in [0.25, 0.3) is 0 Å². The van der Waals surface area contributed by atoms with E-state index in [-0.39, 0.29) is 19.7 Å². The third kappa shape index (κ3) is 6.11. The van der Waals surface area contributed by atoms with Gasteiger partial charge in [0.25, 0.3) is 0 Å². The number of hydrogen-bond acceptors (Lipinski definition) is 4. The van der Waals surface area contributed by atoms with Crippen molar-refractivity contribution in [3.05, 3.63) is 29.3 Å². The van der Waals surface area contributed by atoms with Crippen LogP contribution >= 0.6 is 11.6 Å². The molecule has 0 saturated heterocycles. The molecule has 0 bridgehead atoms. The van der Waals surface area contributed by atoms with Gasteiger partial charge in [-0.3, -0.25) is 4.79 Å². The van der Waals surface area contributed by atoms with E-state index in [2.05, 4.69) is 5.32 Å². The average Bonchev–Trinajstić information content (AvgIpc) is 2.26. The Morgan fingerprint density at radius 2 is 2.35 bits per heavy atom. The summed E-state index contributed by atoms with van der Waals surface area (Å²) in [5.74, 6) is 0.124. The summed E-state index contributed by atoms with van der Waals surface area (Å²) >= 11 is 5.77. The Kier molecular flexibility index (Phi) is 5.76. The van der Waals surface area contributed by atoms with Gasteiger partial charge in [0.1, 0.15) is 18.5 Å². The Labute approximate surface area is 105 Å². The number of benzene rings is 1. The van der Waals surface area contributed by atoms with Crippen LogP contribution in [0.5, 0.6) is 5.75 Å². The minimum absolute atomic E-state index is 0.0359. The lowest BCUT2D eigenvalue weighted by molar-refractivity contribution is -0.117. The summed E-state index contributed by atoms with van der Waals surface area (Å²) in [5.41, 5.74) is 4.93. The first-order chi connectivity index (χ1) is 8.08. The van der Waals surface area contributed by atoms with E-state index < -0.39 is 12.0 Å². The zero-order valence-corrected chi connectivity index (χ0v) is 9.98. The molecular formula is C11H15ClN2O3. The number of nitrogens with two attached hydrogens (primary N) is 1. The molecule has 0 aliphatic carbocycles. The number of nitrogens with one attached hydrogen (secondary N) is 1. The number of aliphatic hydroxyl groups excluding tert-OH is 1. The fourth-order valence-electron chi connectivity index (χ4n) is 1.17. The van der Waals surface area contributed by atoms with E-state index in [4.69, 9.17) is 22.1 Å². The number of primary amides is 1. The highest BCUT2D eigenvalue weighted by Crippen LogP contribution is 2.16. The Hall–Kier alpha value is -1.30. The number of amides is 1. The molecule has 4 N–H and O–H groups in total. The first-order valence-electron chi connectivity index (χ1n) is 5.13. The fraction of sp³-hybridized carbons (Fsp3) is 0.364. The smallest absolute Gasteiger partial charge is 0.231 e. The minimum Gasteiger partial charge on any atom is -0.491 e. The van der Waals surface area contributed by atoms with E-state index in [1.54, 1.807) is 24.3 Å². The van der Waals surface area contributed by atoms with Crippen LogP contribution in [-0.4, -0.2) is 36.8 Å². The maximum absolute atomic E-state index is 10.4. The fourth-order valence-corrected chi connectivity index (χ4v) is 1.35. The maximum atomic E-state index is 10.4. The first kappa shape index (κ1) is 13.8. The molecule has 1 amide bonds. The molecule has 5 nitrogen and oxygen atoms in total. The first-order valence-corrected chi connectivity index (χ1v) is 5.51. The highest BCUT2D eigenvalue weighted by molar-refractivity contribution is 6.30. The van der Waals surface area contributed by atoms with Crippen LogP contribution in [0.15, 0.2) is 24.3 Å². The zero-order chi connectivity index (χ0) is 12.7. The van der Waals surface area contributed by atoms with Gasteiger partial charge in [0, 0.05) is 11.6 Å². The van der Waals surface area contributed by atoms with Crippen molar-refractivity contribution >= 4 is 17.5 Å². The number of rotatable bonds is 7. The second kappa shape index (κ2) is 7.11. The highest BCUT2D eigenvalue weighted by atomic mass is 35.5. The van der Waals surface area contributed by atoms with E-state index >= 15 is 0 Å². The predicted octanol–water partition coefficient (Wildman–Crippen LogP) is 0.155. The SMILES string of the molecule is NC(=O)CNCC(O)COc1cccc(Cl)c1. The molecule has 94 valence electrons. The lowest BCUT2D eigenvalue weighted by Gasteiger charge is -2.12. The van der Waals surface area contributed by atoms with Crippen molar-refractivity contribution in [1.29, 1.82) is 0 Å². The molecule has 0 aliphatic heterocycles. The van der Waals surface area contributed by atoms with E-state index in [1.807, 2.05) is 0 Å². The second-order valence-corrected chi connectivity index (χ2v) is 3.96. The molecule has 0 spiro atoms. The molecule has 6 heteroatoms. The molecular weight excluding hydrogens is 244 g/mol. The number of halogens is 1. The average molecular weight is 259 g/mol. The number of aliphatic hydroxyl groups is 1. The van der Waals surface area contributed by atoms with Crippen molar-refractivity contribution in [1.82, 2.24) is 5.32 Å². The maximum Gasteiger partial charge on any atom is 0.231 e. The van der Waals surface area contributed by atoms with Gasteiger partial charge in [-0.1, -0.05) is 17.7 Å². The van der Waals surface area contributed by atoms with Gasteiger partial charge in [0.2, 0.25) is 5.91 Å². The van der Waals surface area contributed by atoms with Gasteiger partial charge in [-0.05, 0) is 18.2 Å². The molecule has 0 fully saturated rings. The van der Waals surface area contributed by atoms with Gasteiger partial charge in [0.15, 0.2) is 0 Å². The van der Waals surface area contributed by atoms with Crippen molar-refractivity contribution in [3.63, 3.8) is 0 Å². The second-order valence-electron chi connectivity index (χ2n) is 3.52. The molecule has 0 radical (unpaired) electrons. The van der Waals surface area contributed by atoms with Crippen LogP contribution in [0.1, 0.15) is 0 Å². The molecule has 0 aliphatic rings. The Bertz CT molecular complexity index is 373. The molecule has 0 heterocycles. The van der Waals surface area contributed by atoms with Crippen LogP contribution in [0, 0.1) is 0 Å². The van der Waals surface area contributed by atoms with Crippen LogP contribution in [0.2, 0.25) is 5.02 Å². The van der Waals surface area contributed by atoms with Crippen molar-refractivity contribution in [2.24, 2.45) is 5.73 Å². The van der Waals surface area contributed by atoms with Gasteiger partial charge >= 0.3 is 0 Å². The molecule has 17 heavy (non-hydrogen) atoms. The van der Waals surface area contributed by atoms with E-state index in [0.717, 1.165) is 0 Å². The highest BCUT2D eigenvalue weighted by Gasteiger charge is 2.05. The molecule has 1 rings (SSSR count). The zero-order valence-electron chi connectivity index (χ0n) is 9.23. The summed E-state index contributed by atoms with van der Waals surface area (Å²) in [6.45, 7) is 0.393. The number of carbonyl (C=O) groups is 1. The monoisotopic (exact) mass is 258 g/mol. The molecule has 1 aromatic rings. The summed E-state index contributed by atoms with van der Waals surface area (Å²) < 4.78 is 5.32. The quantitative estimate of drug-likeness (QED) is 0.650. The van der Waals surface area contributed by atoms with Crippen molar-refractivity contribution < 1.29 is 14.6 Å². The molecule has 1 aromatic carbocycles. The Morgan fingerprint density at radius 3 is 3.00 bits per heavy atom.